The molecule has 0 saturated carbocycles. The van der Waals surface area contributed by atoms with Gasteiger partial charge in [-0.1, -0.05) is 74.0 Å². The summed E-state index contributed by atoms with van der Waals surface area (Å²) in [6.45, 7) is 2.68. The summed E-state index contributed by atoms with van der Waals surface area (Å²) >= 11 is 0. The Morgan fingerprint density at radius 1 is 1.00 bits per heavy atom. The normalized spacial score (nSPS) is 19.3. The third-order valence-electron chi connectivity index (χ3n) is 6.79. The number of carbonyl (C=O) groups excluding carboxylic acids is 2. The number of nitrogens with zero attached hydrogens (tertiary/aromatic N) is 1. The number of allylic oxidation sites excluding steroid dienone is 2. The van der Waals surface area contributed by atoms with E-state index in [2.05, 4.69) is 43.3 Å². The van der Waals surface area contributed by atoms with Crippen molar-refractivity contribution in [1.82, 2.24) is 4.90 Å². The Morgan fingerprint density at radius 3 is 2.38 bits per heavy atom. The molecule has 34 heavy (non-hydrogen) atoms. The Labute approximate surface area is 202 Å². The molecule has 2 aromatic rings. The molecule has 0 fully saturated rings. The van der Waals surface area contributed by atoms with Gasteiger partial charge in [0.1, 0.15) is 13.2 Å². The van der Waals surface area contributed by atoms with Crippen LogP contribution in [-0.2, 0) is 14.3 Å². The number of rotatable bonds is 4. The fourth-order valence-electron chi connectivity index (χ4n) is 5.07. The first-order valence-corrected chi connectivity index (χ1v) is 12.6. The van der Waals surface area contributed by atoms with Crippen molar-refractivity contribution in [1.29, 1.82) is 0 Å². The first-order chi connectivity index (χ1) is 16.7. The first-order valence-electron chi connectivity index (χ1n) is 12.6. The Morgan fingerprint density at radius 2 is 1.68 bits per heavy atom. The van der Waals surface area contributed by atoms with Crippen molar-refractivity contribution < 1.29 is 19.1 Å². The van der Waals surface area contributed by atoms with E-state index in [0.29, 0.717) is 6.61 Å². The van der Waals surface area contributed by atoms with Gasteiger partial charge in [0, 0.05) is 12.0 Å². The average molecular weight is 462 g/mol. The summed E-state index contributed by atoms with van der Waals surface area (Å²) in [7, 11) is 0. The molecule has 2 aromatic carbocycles. The zero-order valence-corrected chi connectivity index (χ0v) is 20.1. The number of hydrogen-bond acceptors (Lipinski definition) is 4. The highest BCUT2D eigenvalue weighted by Gasteiger charge is 2.32. The first kappa shape index (κ1) is 24.1. The second-order valence-electron chi connectivity index (χ2n) is 9.14. The SMILES string of the molecule is CCCC1CCC=CCCCCOC(=O)CN1C(=O)OCC1c2ccccc2-c2ccccc21. The molecule has 0 aromatic heterocycles. The van der Waals surface area contributed by atoms with Gasteiger partial charge in [0.25, 0.3) is 0 Å². The summed E-state index contributed by atoms with van der Waals surface area (Å²) in [6, 6.07) is 16.5. The third kappa shape index (κ3) is 5.69. The van der Waals surface area contributed by atoms with Crippen molar-refractivity contribution in [2.45, 2.75) is 63.8 Å². The van der Waals surface area contributed by atoms with Gasteiger partial charge in [-0.15, -0.1) is 0 Å². The summed E-state index contributed by atoms with van der Waals surface area (Å²) in [6.07, 6.45) is 10.2. The smallest absolute Gasteiger partial charge is 0.410 e. The summed E-state index contributed by atoms with van der Waals surface area (Å²) in [5.41, 5.74) is 4.74. The van der Waals surface area contributed by atoms with E-state index in [9.17, 15) is 9.59 Å². The zero-order valence-electron chi connectivity index (χ0n) is 20.1. The van der Waals surface area contributed by atoms with Gasteiger partial charge in [-0.2, -0.15) is 0 Å². The fourth-order valence-corrected chi connectivity index (χ4v) is 5.07. The van der Waals surface area contributed by atoms with Gasteiger partial charge in [-0.05, 0) is 60.8 Å². The van der Waals surface area contributed by atoms with Gasteiger partial charge in [0.15, 0.2) is 0 Å². The van der Waals surface area contributed by atoms with E-state index in [1.165, 1.54) is 22.3 Å². The number of hydrogen-bond donors (Lipinski definition) is 0. The van der Waals surface area contributed by atoms with Crippen molar-refractivity contribution in [3.63, 3.8) is 0 Å². The summed E-state index contributed by atoms with van der Waals surface area (Å²) < 4.78 is 11.3. The van der Waals surface area contributed by atoms with E-state index in [1.807, 2.05) is 24.3 Å². The number of amides is 1. The number of fused-ring (bicyclic) bond motifs is 3. The van der Waals surface area contributed by atoms with Crippen LogP contribution in [0, 0.1) is 0 Å². The van der Waals surface area contributed by atoms with Crippen LogP contribution in [0.25, 0.3) is 11.1 Å². The average Bonchev–Trinajstić information content (AvgIpc) is 3.18. The van der Waals surface area contributed by atoms with Crippen LogP contribution in [0.2, 0.25) is 0 Å². The molecular formula is C29H35NO4. The van der Waals surface area contributed by atoms with Crippen molar-refractivity contribution in [3.05, 3.63) is 71.8 Å². The highest BCUT2D eigenvalue weighted by Crippen LogP contribution is 2.44. The lowest BCUT2D eigenvalue weighted by Gasteiger charge is -2.30. The zero-order chi connectivity index (χ0) is 23.8. The minimum Gasteiger partial charge on any atom is -0.464 e. The quantitative estimate of drug-likeness (QED) is 0.387. The molecule has 1 aliphatic heterocycles. The van der Waals surface area contributed by atoms with Crippen molar-refractivity contribution >= 4 is 12.1 Å². The van der Waals surface area contributed by atoms with E-state index in [0.717, 1.165) is 44.9 Å². The topological polar surface area (TPSA) is 55.8 Å². The maximum Gasteiger partial charge on any atom is 0.410 e. The van der Waals surface area contributed by atoms with Gasteiger partial charge < -0.3 is 9.47 Å². The molecule has 180 valence electrons. The molecule has 2 aliphatic rings. The molecule has 0 bridgehead atoms. The number of cyclic esters (lactones) is 1. The molecule has 1 atom stereocenters. The largest absolute Gasteiger partial charge is 0.464 e. The van der Waals surface area contributed by atoms with Gasteiger partial charge >= 0.3 is 12.1 Å². The number of benzene rings is 2. The lowest BCUT2D eigenvalue weighted by molar-refractivity contribution is -0.145. The van der Waals surface area contributed by atoms with Crippen LogP contribution in [0.3, 0.4) is 0 Å². The lowest BCUT2D eigenvalue weighted by atomic mass is 9.98. The Balaban J connectivity index is 1.51. The van der Waals surface area contributed by atoms with Crippen molar-refractivity contribution in [3.8, 4) is 11.1 Å². The predicted octanol–water partition coefficient (Wildman–Crippen LogP) is 6.47. The number of carbonyl (C=O) groups is 2. The molecule has 5 heteroatoms. The second kappa shape index (κ2) is 11.9. The molecule has 0 N–H and O–H groups in total. The molecule has 1 unspecified atom stereocenters. The van der Waals surface area contributed by atoms with Gasteiger partial charge in [0.05, 0.1) is 6.61 Å². The molecule has 1 heterocycles. The third-order valence-corrected chi connectivity index (χ3v) is 6.79. The van der Waals surface area contributed by atoms with Crippen LogP contribution in [0.1, 0.15) is 68.9 Å². The summed E-state index contributed by atoms with van der Waals surface area (Å²) in [5, 5.41) is 0. The maximum atomic E-state index is 13.4. The minimum atomic E-state index is -0.434. The predicted molar refractivity (Wildman–Crippen MR) is 134 cm³/mol. The van der Waals surface area contributed by atoms with Crippen LogP contribution in [0.5, 0.6) is 0 Å². The number of esters is 1. The van der Waals surface area contributed by atoms with E-state index in [4.69, 9.17) is 9.47 Å². The highest BCUT2D eigenvalue weighted by atomic mass is 16.6. The Kier molecular flexibility index (Phi) is 8.40. The molecular weight excluding hydrogens is 426 g/mol. The van der Waals surface area contributed by atoms with E-state index in [-0.39, 0.29) is 31.1 Å². The van der Waals surface area contributed by atoms with Crippen LogP contribution < -0.4 is 0 Å². The lowest BCUT2D eigenvalue weighted by Crippen LogP contribution is -2.44. The van der Waals surface area contributed by atoms with Crippen LogP contribution in [-0.4, -0.2) is 42.8 Å². The van der Waals surface area contributed by atoms with Crippen LogP contribution in [0.4, 0.5) is 4.79 Å². The van der Waals surface area contributed by atoms with E-state index < -0.39 is 6.09 Å². The monoisotopic (exact) mass is 461 g/mol. The molecule has 0 saturated heterocycles. The van der Waals surface area contributed by atoms with E-state index >= 15 is 0 Å². The summed E-state index contributed by atoms with van der Waals surface area (Å²) in [5.74, 6) is -0.367. The number of ether oxygens (including phenoxy) is 2. The molecule has 0 radical (unpaired) electrons. The van der Waals surface area contributed by atoms with Gasteiger partial charge in [-0.25, -0.2) is 4.79 Å². The van der Waals surface area contributed by atoms with Gasteiger partial charge in [-0.3, -0.25) is 9.69 Å². The van der Waals surface area contributed by atoms with Crippen molar-refractivity contribution in [2.24, 2.45) is 0 Å². The van der Waals surface area contributed by atoms with E-state index in [1.54, 1.807) is 4.90 Å². The molecule has 5 nitrogen and oxygen atoms in total. The molecule has 1 aliphatic carbocycles. The second-order valence-corrected chi connectivity index (χ2v) is 9.14. The fraction of sp³-hybridized carbons (Fsp3) is 0.448. The highest BCUT2D eigenvalue weighted by molar-refractivity contribution is 5.80. The van der Waals surface area contributed by atoms with Crippen LogP contribution >= 0.6 is 0 Å². The minimum absolute atomic E-state index is 0.00758. The van der Waals surface area contributed by atoms with Crippen molar-refractivity contribution in [2.75, 3.05) is 19.8 Å². The molecule has 0 spiro atoms. The molecule has 4 rings (SSSR count). The van der Waals surface area contributed by atoms with Gasteiger partial charge in [0.2, 0.25) is 0 Å². The summed E-state index contributed by atoms with van der Waals surface area (Å²) in [4.78, 5) is 27.5. The standard InChI is InChI=1S/C29H35NO4/c1-2-13-22-14-7-5-3-4-6-12-19-33-28(31)20-30(22)29(32)34-21-27-25-17-10-8-15-23(25)24-16-9-11-18-26(24)27/h3,5,8-11,15-18,22,27H,2,4,6-7,12-14,19-21H2,1H3. The Hall–Kier alpha value is -3.08. The maximum absolute atomic E-state index is 13.4. The van der Waals surface area contributed by atoms with Crippen LogP contribution in [0.15, 0.2) is 60.7 Å². The molecule has 1 amide bonds. The Bertz CT molecular complexity index is 969.